The SMILES string of the molecule is OCC1Cc2cccc(O)c2O1. The molecule has 64 valence electrons. The predicted molar refractivity (Wildman–Crippen MR) is 43.3 cm³/mol. The minimum atomic E-state index is -0.187. The van der Waals surface area contributed by atoms with E-state index < -0.39 is 0 Å². The Bertz CT molecular complexity index is 296. The van der Waals surface area contributed by atoms with Crippen LogP contribution in [-0.2, 0) is 6.42 Å². The van der Waals surface area contributed by atoms with Crippen LogP contribution >= 0.6 is 0 Å². The summed E-state index contributed by atoms with van der Waals surface area (Å²) in [6, 6.07) is 5.25. The van der Waals surface area contributed by atoms with Crippen molar-refractivity contribution < 1.29 is 14.9 Å². The molecule has 2 N–H and O–H groups in total. The van der Waals surface area contributed by atoms with Crippen molar-refractivity contribution in [3.05, 3.63) is 23.8 Å². The van der Waals surface area contributed by atoms with Gasteiger partial charge in [0.15, 0.2) is 11.5 Å². The number of benzene rings is 1. The molecular weight excluding hydrogens is 156 g/mol. The smallest absolute Gasteiger partial charge is 0.164 e. The molecule has 0 amide bonds. The lowest BCUT2D eigenvalue weighted by Crippen LogP contribution is -2.17. The number of phenols is 1. The van der Waals surface area contributed by atoms with Crippen molar-refractivity contribution in [2.75, 3.05) is 6.61 Å². The number of aromatic hydroxyl groups is 1. The molecule has 0 saturated carbocycles. The number of hydrogen-bond acceptors (Lipinski definition) is 3. The maximum absolute atomic E-state index is 9.34. The fourth-order valence-electron chi connectivity index (χ4n) is 1.42. The Kier molecular flexibility index (Phi) is 1.66. The van der Waals surface area contributed by atoms with Crippen LogP contribution in [-0.4, -0.2) is 22.9 Å². The van der Waals surface area contributed by atoms with Gasteiger partial charge in [0.1, 0.15) is 6.10 Å². The van der Waals surface area contributed by atoms with Crippen LogP contribution in [0, 0.1) is 0 Å². The van der Waals surface area contributed by atoms with Gasteiger partial charge < -0.3 is 14.9 Å². The quantitative estimate of drug-likeness (QED) is 0.645. The van der Waals surface area contributed by atoms with Gasteiger partial charge in [0.2, 0.25) is 0 Å². The summed E-state index contributed by atoms with van der Waals surface area (Å²) in [5, 5.41) is 18.2. The van der Waals surface area contributed by atoms with Gasteiger partial charge in [0, 0.05) is 12.0 Å². The van der Waals surface area contributed by atoms with E-state index in [0.717, 1.165) is 5.56 Å². The third kappa shape index (κ3) is 1.02. The molecule has 0 bridgehead atoms. The third-order valence-electron chi connectivity index (χ3n) is 2.01. The molecule has 1 aromatic rings. The summed E-state index contributed by atoms with van der Waals surface area (Å²) in [4.78, 5) is 0. The Morgan fingerprint density at radius 3 is 3.00 bits per heavy atom. The second-order valence-corrected chi connectivity index (χ2v) is 2.89. The average molecular weight is 166 g/mol. The van der Waals surface area contributed by atoms with E-state index in [1.165, 1.54) is 0 Å². The van der Waals surface area contributed by atoms with Crippen molar-refractivity contribution in [2.24, 2.45) is 0 Å². The van der Waals surface area contributed by atoms with Crippen LogP contribution in [0.25, 0.3) is 0 Å². The van der Waals surface area contributed by atoms with Crippen molar-refractivity contribution in [1.82, 2.24) is 0 Å². The summed E-state index contributed by atoms with van der Waals surface area (Å²) < 4.78 is 5.29. The summed E-state index contributed by atoms with van der Waals surface area (Å²) in [5.74, 6) is 0.681. The van der Waals surface area contributed by atoms with Gasteiger partial charge in [-0.25, -0.2) is 0 Å². The van der Waals surface area contributed by atoms with Crippen molar-refractivity contribution in [1.29, 1.82) is 0 Å². The molecule has 2 rings (SSSR count). The van der Waals surface area contributed by atoms with Gasteiger partial charge in [-0.15, -0.1) is 0 Å². The molecule has 0 fully saturated rings. The van der Waals surface area contributed by atoms with Crippen molar-refractivity contribution in [3.63, 3.8) is 0 Å². The second-order valence-electron chi connectivity index (χ2n) is 2.89. The molecule has 0 saturated heterocycles. The third-order valence-corrected chi connectivity index (χ3v) is 2.01. The molecule has 1 heterocycles. The Labute approximate surface area is 70.2 Å². The molecule has 1 atom stereocenters. The molecule has 12 heavy (non-hydrogen) atoms. The molecule has 1 aromatic carbocycles. The van der Waals surface area contributed by atoms with E-state index in [9.17, 15) is 5.11 Å². The van der Waals surface area contributed by atoms with E-state index in [1.807, 2.05) is 6.07 Å². The highest BCUT2D eigenvalue weighted by atomic mass is 16.5. The van der Waals surface area contributed by atoms with Crippen LogP contribution in [0.3, 0.4) is 0 Å². The monoisotopic (exact) mass is 166 g/mol. The predicted octanol–water partition coefficient (Wildman–Crippen LogP) is 0.688. The van der Waals surface area contributed by atoms with Gasteiger partial charge >= 0.3 is 0 Å². The minimum absolute atomic E-state index is 0.00583. The first-order chi connectivity index (χ1) is 5.81. The number of aliphatic hydroxyl groups is 1. The molecule has 3 nitrogen and oxygen atoms in total. The highest BCUT2D eigenvalue weighted by Gasteiger charge is 2.24. The molecule has 1 aliphatic rings. The zero-order chi connectivity index (χ0) is 8.55. The summed E-state index contributed by atoms with van der Waals surface area (Å²) in [6.07, 6.45) is 0.494. The fourth-order valence-corrected chi connectivity index (χ4v) is 1.42. The average Bonchev–Trinajstić information content (AvgIpc) is 2.49. The normalized spacial score (nSPS) is 20.2. The minimum Gasteiger partial charge on any atom is -0.504 e. The number of rotatable bonds is 1. The fraction of sp³-hybridized carbons (Fsp3) is 0.333. The van der Waals surface area contributed by atoms with Crippen LogP contribution in [0.4, 0.5) is 0 Å². The number of fused-ring (bicyclic) bond motifs is 1. The van der Waals surface area contributed by atoms with Gasteiger partial charge in [0.05, 0.1) is 6.61 Å². The van der Waals surface area contributed by atoms with Crippen molar-refractivity contribution >= 4 is 0 Å². The zero-order valence-electron chi connectivity index (χ0n) is 6.53. The number of aliphatic hydroxyl groups excluding tert-OH is 1. The van der Waals surface area contributed by atoms with Crippen LogP contribution in [0.15, 0.2) is 18.2 Å². The largest absolute Gasteiger partial charge is 0.504 e. The van der Waals surface area contributed by atoms with Crippen LogP contribution in [0.5, 0.6) is 11.5 Å². The first kappa shape index (κ1) is 7.43. The summed E-state index contributed by atoms with van der Waals surface area (Å²) in [5.41, 5.74) is 0.967. The Balaban J connectivity index is 2.35. The molecule has 0 aliphatic carbocycles. The second kappa shape index (κ2) is 2.68. The summed E-state index contributed by atoms with van der Waals surface area (Å²) in [6.45, 7) is -0.00583. The summed E-state index contributed by atoms with van der Waals surface area (Å²) in [7, 11) is 0. The number of ether oxygens (including phenoxy) is 1. The maximum atomic E-state index is 9.34. The van der Waals surface area contributed by atoms with Crippen LogP contribution < -0.4 is 4.74 Å². The Morgan fingerprint density at radius 1 is 1.50 bits per heavy atom. The van der Waals surface area contributed by atoms with Crippen LogP contribution in [0.2, 0.25) is 0 Å². The van der Waals surface area contributed by atoms with Gasteiger partial charge in [-0.2, -0.15) is 0 Å². The van der Waals surface area contributed by atoms with Crippen LogP contribution in [0.1, 0.15) is 5.56 Å². The molecule has 0 aromatic heterocycles. The van der Waals surface area contributed by atoms with Gasteiger partial charge in [0.25, 0.3) is 0 Å². The van der Waals surface area contributed by atoms with E-state index in [-0.39, 0.29) is 18.5 Å². The maximum Gasteiger partial charge on any atom is 0.164 e. The van der Waals surface area contributed by atoms with E-state index >= 15 is 0 Å². The first-order valence-electron chi connectivity index (χ1n) is 3.89. The van der Waals surface area contributed by atoms with Crippen molar-refractivity contribution in [2.45, 2.75) is 12.5 Å². The first-order valence-corrected chi connectivity index (χ1v) is 3.89. The number of hydrogen-bond donors (Lipinski definition) is 2. The highest BCUT2D eigenvalue weighted by molar-refractivity contribution is 5.48. The molecular formula is C9H10O3. The number of phenolic OH excluding ortho intramolecular Hbond substituents is 1. The molecule has 1 aliphatic heterocycles. The molecule has 3 heteroatoms. The van der Waals surface area contributed by atoms with Gasteiger partial charge in [-0.1, -0.05) is 12.1 Å². The summed E-state index contributed by atoms with van der Waals surface area (Å²) >= 11 is 0. The highest BCUT2D eigenvalue weighted by Crippen LogP contribution is 2.36. The lowest BCUT2D eigenvalue weighted by molar-refractivity contribution is 0.132. The van der Waals surface area contributed by atoms with E-state index in [0.29, 0.717) is 12.2 Å². The lowest BCUT2D eigenvalue weighted by atomic mass is 10.1. The van der Waals surface area contributed by atoms with Gasteiger partial charge in [-0.3, -0.25) is 0 Å². The van der Waals surface area contributed by atoms with E-state index in [1.54, 1.807) is 12.1 Å². The van der Waals surface area contributed by atoms with Gasteiger partial charge in [-0.05, 0) is 6.07 Å². The number of para-hydroxylation sites is 1. The molecule has 1 unspecified atom stereocenters. The van der Waals surface area contributed by atoms with E-state index in [4.69, 9.17) is 9.84 Å². The Morgan fingerprint density at radius 2 is 2.33 bits per heavy atom. The Hall–Kier alpha value is -1.22. The zero-order valence-corrected chi connectivity index (χ0v) is 6.53. The lowest BCUT2D eigenvalue weighted by Gasteiger charge is -2.05. The van der Waals surface area contributed by atoms with Crippen molar-refractivity contribution in [3.8, 4) is 11.5 Å². The molecule has 0 radical (unpaired) electrons. The topological polar surface area (TPSA) is 49.7 Å². The molecule has 0 spiro atoms. The van der Waals surface area contributed by atoms with E-state index in [2.05, 4.69) is 0 Å². The standard InChI is InChI=1S/C9H10O3/c10-5-7-4-6-2-1-3-8(11)9(6)12-7/h1-3,7,10-11H,4-5H2.